The van der Waals surface area contributed by atoms with E-state index in [1.807, 2.05) is 19.1 Å². The van der Waals surface area contributed by atoms with Crippen molar-refractivity contribution in [1.82, 2.24) is 15.2 Å². The summed E-state index contributed by atoms with van der Waals surface area (Å²) in [6, 6.07) is 3.72. The molecule has 1 unspecified atom stereocenters. The highest BCUT2D eigenvalue weighted by atomic mass is 79.9. The van der Waals surface area contributed by atoms with Gasteiger partial charge in [-0.2, -0.15) is 0 Å². The largest absolute Gasteiger partial charge is 0.378 e. The molecule has 1 aromatic rings. The van der Waals surface area contributed by atoms with Crippen LogP contribution >= 0.6 is 15.9 Å². The second-order valence-corrected chi connectivity index (χ2v) is 5.74. The number of ether oxygens (including phenoxy) is 1. The summed E-state index contributed by atoms with van der Waals surface area (Å²) in [6.45, 7) is 5.28. The highest BCUT2D eigenvalue weighted by Gasteiger charge is 2.29. The Morgan fingerprint density at radius 2 is 2.45 bits per heavy atom. The van der Waals surface area contributed by atoms with Gasteiger partial charge in [-0.25, -0.2) is 0 Å². The van der Waals surface area contributed by atoms with Crippen molar-refractivity contribution in [3.63, 3.8) is 0 Å². The predicted octanol–water partition coefficient (Wildman–Crippen LogP) is 1.57. The fourth-order valence-corrected chi connectivity index (χ4v) is 2.38. The molecular formula is C14H20BrN3O2. The molecule has 2 rings (SSSR count). The molecule has 1 saturated heterocycles. The van der Waals surface area contributed by atoms with Crippen molar-refractivity contribution in [2.75, 3.05) is 26.3 Å². The second-order valence-electron chi connectivity index (χ2n) is 4.82. The van der Waals surface area contributed by atoms with E-state index in [0.29, 0.717) is 26.3 Å². The average Bonchev–Trinajstić information content (AvgIpc) is 2.48. The highest BCUT2D eigenvalue weighted by molar-refractivity contribution is 9.10. The number of aromatic nitrogens is 1. The highest BCUT2D eigenvalue weighted by Crippen LogP contribution is 2.13. The maximum atomic E-state index is 12.2. The third kappa shape index (κ3) is 4.26. The Labute approximate surface area is 127 Å². The molecule has 1 aliphatic heterocycles. The van der Waals surface area contributed by atoms with Crippen LogP contribution in [-0.4, -0.2) is 48.1 Å². The van der Waals surface area contributed by atoms with Crippen LogP contribution in [0.5, 0.6) is 0 Å². The summed E-state index contributed by atoms with van der Waals surface area (Å²) in [4.78, 5) is 18.6. The van der Waals surface area contributed by atoms with Gasteiger partial charge in [-0.3, -0.25) is 14.7 Å². The van der Waals surface area contributed by atoms with Crippen LogP contribution in [0, 0.1) is 0 Å². The van der Waals surface area contributed by atoms with Crippen molar-refractivity contribution >= 4 is 21.8 Å². The Morgan fingerprint density at radius 1 is 1.60 bits per heavy atom. The normalized spacial score (nSPS) is 19.8. The molecule has 0 aliphatic carbocycles. The summed E-state index contributed by atoms with van der Waals surface area (Å²) in [5.74, 6) is 0.0451. The number of amides is 1. The number of pyridine rings is 1. The lowest BCUT2D eigenvalue weighted by Gasteiger charge is -2.34. The zero-order chi connectivity index (χ0) is 14.4. The summed E-state index contributed by atoms with van der Waals surface area (Å²) >= 11 is 3.37. The van der Waals surface area contributed by atoms with E-state index < -0.39 is 0 Å². The van der Waals surface area contributed by atoms with Crippen molar-refractivity contribution in [2.45, 2.75) is 25.9 Å². The zero-order valence-electron chi connectivity index (χ0n) is 11.6. The summed E-state index contributed by atoms with van der Waals surface area (Å²) in [6.07, 6.45) is 2.72. The first-order valence-corrected chi connectivity index (χ1v) is 7.70. The van der Waals surface area contributed by atoms with Gasteiger partial charge in [-0.05, 0) is 34.5 Å². The van der Waals surface area contributed by atoms with Gasteiger partial charge < -0.3 is 10.1 Å². The zero-order valence-corrected chi connectivity index (χ0v) is 13.2. The average molecular weight is 342 g/mol. The van der Waals surface area contributed by atoms with E-state index in [2.05, 4.69) is 31.1 Å². The van der Waals surface area contributed by atoms with Crippen LogP contribution in [0.25, 0.3) is 0 Å². The summed E-state index contributed by atoms with van der Waals surface area (Å²) in [5, 5.41) is 2.94. The Morgan fingerprint density at radius 3 is 3.15 bits per heavy atom. The molecule has 1 amide bonds. The lowest BCUT2D eigenvalue weighted by molar-refractivity contribution is -0.133. The first kappa shape index (κ1) is 15.4. The smallest absolute Gasteiger partial charge is 0.239 e. The topological polar surface area (TPSA) is 54.5 Å². The van der Waals surface area contributed by atoms with Crippen LogP contribution in [0.1, 0.15) is 19.0 Å². The molecule has 0 aromatic carbocycles. The molecule has 1 atom stereocenters. The minimum absolute atomic E-state index is 0.0451. The Kier molecular flexibility index (Phi) is 5.94. The molecule has 20 heavy (non-hydrogen) atoms. The van der Waals surface area contributed by atoms with Crippen molar-refractivity contribution in [1.29, 1.82) is 0 Å². The molecule has 1 N–H and O–H groups in total. The minimum atomic E-state index is -0.222. The fraction of sp³-hybridized carbons (Fsp3) is 0.571. The number of carbonyl (C=O) groups excluding carboxylic acids is 1. The van der Waals surface area contributed by atoms with Gasteiger partial charge in [0.25, 0.3) is 0 Å². The molecule has 1 aliphatic rings. The first-order chi connectivity index (χ1) is 9.70. The van der Waals surface area contributed by atoms with Crippen LogP contribution in [0.4, 0.5) is 0 Å². The standard InChI is InChI=1S/C14H20BrN3O2/c1-2-5-16-14(19)13-10-20-7-6-18(13)9-12-4-3-11(15)8-17-12/h3-4,8,13H,2,5-7,9-10H2,1H3,(H,16,19). The molecule has 6 heteroatoms. The number of nitrogens with zero attached hydrogens (tertiary/aromatic N) is 2. The number of morpholine rings is 1. The molecule has 110 valence electrons. The van der Waals surface area contributed by atoms with Crippen LogP contribution in [0.3, 0.4) is 0 Å². The summed E-state index contributed by atoms with van der Waals surface area (Å²) in [5.41, 5.74) is 0.961. The van der Waals surface area contributed by atoms with Gasteiger partial charge in [-0.15, -0.1) is 0 Å². The SMILES string of the molecule is CCCNC(=O)C1COCCN1Cc1ccc(Br)cn1. The van der Waals surface area contributed by atoms with Crippen molar-refractivity contribution in [3.8, 4) is 0 Å². The molecule has 1 fully saturated rings. The summed E-state index contributed by atoms with van der Waals surface area (Å²) in [7, 11) is 0. The lowest BCUT2D eigenvalue weighted by atomic mass is 10.2. The second kappa shape index (κ2) is 7.71. The van der Waals surface area contributed by atoms with E-state index in [-0.39, 0.29) is 11.9 Å². The Balaban J connectivity index is 1.99. The quantitative estimate of drug-likeness (QED) is 0.883. The predicted molar refractivity (Wildman–Crippen MR) is 80.3 cm³/mol. The van der Waals surface area contributed by atoms with Gasteiger partial charge in [0.05, 0.1) is 18.9 Å². The van der Waals surface area contributed by atoms with E-state index in [9.17, 15) is 4.79 Å². The Bertz CT molecular complexity index is 439. The fourth-order valence-electron chi connectivity index (χ4n) is 2.14. The van der Waals surface area contributed by atoms with Gasteiger partial charge in [0.1, 0.15) is 6.04 Å². The maximum absolute atomic E-state index is 12.2. The van der Waals surface area contributed by atoms with Crippen molar-refractivity contribution < 1.29 is 9.53 Å². The van der Waals surface area contributed by atoms with Gasteiger partial charge in [0, 0.05) is 30.3 Å². The Hall–Kier alpha value is -0.980. The van der Waals surface area contributed by atoms with Gasteiger partial charge in [-0.1, -0.05) is 6.92 Å². The van der Waals surface area contributed by atoms with E-state index in [4.69, 9.17) is 4.74 Å². The molecule has 5 nitrogen and oxygen atoms in total. The number of carbonyl (C=O) groups is 1. The molecule has 2 heterocycles. The number of rotatable bonds is 5. The molecule has 0 bridgehead atoms. The van der Waals surface area contributed by atoms with Gasteiger partial charge in [0.15, 0.2) is 0 Å². The molecular weight excluding hydrogens is 322 g/mol. The molecule has 1 aromatic heterocycles. The number of halogens is 1. The van der Waals surface area contributed by atoms with E-state index in [1.54, 1.807) is 6.20 Å². The number of hydrogen-bond acceptors (Lipinski definition) is 4. The lowest BCUT2D eigenvalue weighted by Crippen LogP contribution is -2.53. The third-order valence-corrected chi connectivity index (χ3v) is 3.71. The van der Waals surface area contributed by atoms with E-state index >= 15 is 0 Å². The van der Waals surface area contributed by atoms with E-state index in [0.717, 1.165) is 23.1 Å². The van der Waals surface area contributed by atoms with Crippen LogP contribution in [-0.2, 0) is 16.1 Å². The summed E-state index contributed by atoms with van der Waals surface area (Å²) < 4.78 is 6.40. The number of nitrogens with one attached hydrogen (secondary N) is 1. The molecule has 0 radical (unpaired) electrons. The molecule has 0 saturated carbocycles. The van der Waals surface area contributed by atoms with Crippen LogP contribution < -0.4 is 5.32 Å². The first-order valence-electron chi connectivity index (χ1n) is 6.90. The maximum Gasteiger partial charge on any atom is 0.239 e. The van der Waals surface area contributed by atoms with Crippen molar-refractivity contribution in [2.24, 2.45) is 0 Å². The van der Waals surface area contributed by atoms with Crippen molar-refractivity contribution in [3.05, 3.63) is 28.5 Å². The van der Waals surface area contributed by atoms with Crippen LogP contribution in [0.2, 0.25) is 0 Å². The monoisotopic (exact) mass is 341 g/mol. The van der Waals surface area contributed by atoms with Gasteiger partial charge in [0.2, 0.25) is 5.91 Å². The van der Waals surface area contributed by atoms with Gasteiger partial charge >= 0.3 is 0 Å². The molecule has 0 spiro atoms. The van der Waals surface area contributed by atoms with Crippen LogP contribution in [0.15, 0.2) is 22.8 Å². The minimum Gasteiger partial charge on any atom is -0.378 e. The third-order valence-electron chi connectivity index (χ3n) is 3.24. The van der Waals surface area contributed by atoms with E-state index in [1.165, 1.54) is 0 Å². The number of hydrogen-bond donors (Lipinski definition) is 1.